The van der Waals surface area contributed by atoms with Crippen molar-refractivity contribution in [1.29, 1.82) is 0 Å². The highest BCUT2D eigenvalue weighted by Crippen LogP contribution is 2.20. The Labute approximate surface area is 105 Å². The van der Waals surface area contributed by atoms with E-state index in [1.54, 1.807) is 26.2 Å². The Balaban J connectivity index is 2.40. The van der Waals surface area contributed by atoms with Gasteiger partial charge < -0.3 is 5.32 Å². The molecule has 0 saturated heterocycles. The SMILES string of the molecule is CNc1ncccc1S(=O)(=O)Nc1ccnn1C. The molecule has 18 heavy (non-hydrogen) atoms. The van der Waals surface area contributed by atoms with Gasteiger partial charge in [-0.1, -0.05) is 0 Å². The first-order valence-corrected chi connectivity index (χ1v) is 6.66. The molecular weight excluding hydrogens is 254 g/mol. The number of hydrogen-bond acceptors (Lipinski definition) is 5. The number of nitrogens with zero attached hydrogens (tertiary/aromatic N) is 3. The van der Waals surface area contributed by atoms with Crippen LogP contribution in [0.1, 0.15) is 0 Å². The highest BCUT2D eigenvalue weighted by Gasteiger charge is 2.19. The second-order valence-corrected chi connectivity index (χ2v) is 5.20. The van der Waals surface area contributed by atoms with Crippen LogP contribution in [0.5, 0.6) is 0 Å². The summed E-state index contributed by atoms with van der Waals surface area (Å²) in [4.78, 5) is 4.05. The predicted molar refractivity (Wildman–Crippen MR) is 67.8 cm³/mol. The van der Waals surface area contributed by atoms with Gasteiger partial charge in [0.25, 0.3) is 10.0 Å². The van der Waals surface area contributed by atoms with Crippen LogP contribution in [-0.4, -0.2) is 30.2 Å². The van der Waals surface area contributed by atoms with E-state index >= 15 is 0 Å². The molecule has 0 aliphatic carbocycles. The summed E-state index contributed by atoms with van der Waals surface area (Å²) >= 11 is 0. The molecule has 0 bridgehead atoms. The molecule has 0 radical (unpaired) electrons. The maximum absolute atomic E-state index is 12.2. The molecule has 0 unspecified atom stereocenters. The van der Waals surface area contributed by atoms with E-state index in [-0.39, 0.29) is 4.90 Å². The van der Waals surface area contributed by atoms with Crippen LogP contribution in [-0.2, 0) is 17.1 Å². The first-order chi connectivity index (χ1) is 8.54. The molecule has 8 heteroatoms. The van der Waals surface area contributed by atoms with Crippen molar-refractivity contribution in [1.82, 2.24) is 14.8 Å². The molecule has 2 N–H and O–H groups in total. The van der Waals surface area contributed by atoms with Crippen LogP contribution in [0.25, 0.3) is 0 Å². The lowest BCUT2D eigenvalue weighted by molar-refractivity contribution is 0.600. The quantitative estimate of drug-likeness (QED) is 0.849. The fourth-order valence-corrected chi connectivity index (χ4v) is 2.71. The van der Waals surface area contributed by atoms with Crippen molar-refractivity contribution in [2.75, 3.05) is 17.1 Å². The summed E-state index contributed by atoms with van der Waals surface area (Å²) in [6, 6.07) is 4.63. The summed E-state index contributed by atoms with van der Waals surface area (Å²) in [5.74, 6) is 0.688. The second-order valence-electron chi connectivity index (χ2n) is 3.55. The van der Waals surface area contributed by atoms with Gasteiger partial charge in [-0.3, -0.25) is 9.40 Å². The molecule has 96 valence electrons. The minimum atomic E-state index is -3.68. The average Bonchev–Trinajstić information content (AvgIpc) is 2.74. The van der Waals surface area contributed by atoms with Gasteiger partial charge >= 0.3 is 0 Å². The van der Waals surface area contributed by atoms with Crippen molar-refractivity contribution in [2.24, 2.45) is 7.05 Å². The monoisotopic (exact) mass is 267 g/mol. The van der Waals surface area contributed by atoms with Gasteiger partial charge in [-0.15, -0.1) is 0 Å². The normalized spacial score (nSPS) is 11.2. The van der Waals surface area contributed by atoms with E-state index in [9.17, 15) is 8.42 Å². The third kappa shape index (κ3) is 2.28. The second kappa shape index (κ2) is 4.65. The van der Waals surface area contributed by atoms with Gasteiger partial charge in [0.05, 0.1) is 6.20 Å². The Hall–Kier alpha value is -2.09. The Morgan fingerprint density at radius 1 is 1.28 bits per heavy atom. The van der Waals surface area contributed by atoms with E-state index in [4.69, 9.17) is 0 Å². The van der Waals surface area contributed by atoms with E-state index in [1.165, 1.54) is 23.1 Å². The van der Waals surface area contributed by atoms with Gasteiger partial charge in [-0.2, -0.15) is 5.10 Å². The van der Waals surface area contributed by atoms with Gasteiger partial charge in [0.15, 0.2) is 0 Å². The molecule has 2 aromatic rings. The number of nitrogens with one attached hydrogen (secondary N) is 2. The lowest BCUT2D eigenvalue weighted by Gasteiger charge is -2.10. The van der Waals surface area contributed by atoms with Crippen LogP contribution in [0.15, 0.2) is 35.5 Å². The molecule has 0 aliphatic rings. The van der Waals surface area contributed by atoms with Crippen LogP contribution < -0.4 is 10.0 Å². The smallest absolute Gasteiger partial charge is 0.266 e. The molecule has 0 aliphatic heterocycles. The number of hydrogen-bond donors (Lipinski definition) is 2. The molecule has 0 amide bonds. The summed E-state index contributed by atoms with van der Waals surface area (Å²) in [6.07, 6.45) is 3.04. The molecule has 0 atom stereocenters. The van der Waals surface area contributed by atoms with Crippen LogP contribution >= 0.6 is 0 Å². The Morgan fingerprint density at radius 2 is 2.06 bits per heavy atom. The van der Waals surface area contributed by atoms with Gasteiger partial charge in [0.1, 0.15) is 16.5 Å². The zero-order chi connectivity index (χ0) is 13.2. The molecule has 7 nitrogen and oxygen atoms in total. The zero-order valence-electron chi connectivity index (χ0n) is 9.95. The molecule has 2 rings (SSSR count). The first-order valence-electron chi connectivity index (χ1n) is 5.18. The predicted octanol–water partition coefficient (Wildman–Crippen LogP) is 0.658. The summed E-state index contributed by atoms with van der Waals surface area (Å²) in [6.45, 7) is 0. The van der Waals surface area contributed by atoms with Crippen molar-refractivity contribution in [2.45, 2.75) is 4.90 Å². The molecule has 0 aromatic carbocycles. The number of sulfonamides is 1. The standard InChI is InChI=1S/C10H13N5O2S/c1-11-10-8(4-3-6-12-10)18(16,17)14-9-5-7-13-15(9)2/h3-7,14H,1-2H3,(H,11,12). The number of anilines is 2. The van der Waals surface area contributed by atoms with Crippen molar-refractivity contribution in [3.63, 3.8) is 0 Å². The third-order valence-corrected chi connectivity index (χ3v) is 3.74. The van der Waals surface area contributed by atoms with Gasteiger partial charge in [-0.05, 0) is 12.1 Å². The van der Waals surface area contributed by atoms with Gasteiger partial charge in [-0.25, -0.2) is 13.4 Å². The van der Waals surface area contributed by atoms with Crippen molar-refractivity contribution in [3.05, 3.63) is 30.6 Å². The molecule has 0 fully saturated rings. The number of aryl methyl sites for hydroxylation is 1. The molecule has 0 saturated carbocycles. The fraction of sp³-hybridized carbons (Fsp3) is 0.200. The van der Waals surface area contributed by atoms with Crippen LogP contribution in [0.3, 0.4) is 0 Å². The number of aromatic nitrogens is 3. The zero-order valence-corrected chi connectivity index (χ0v) is 10.8. The third-order valence-electron chi connectivity index (χ3n) is 2.36. The van der Waals surface area contributed by atoms with Crippen molar-refractivity contribution < 1.29 is 8.42 Å². The number of rotatable bonds is 4. The highest BCUT2D eigenvalue weighted by atomic mass is 32.2. The summed E-state index contributed by atoms with van der Waals surface area (Å²) in [5, 5.41) is 6.64. The molecule has 0 spiro atoms. The Bertz CT molecular complexity index is 650. The summed E-state index contributed by atoms with van der Waals surface area (Å²) < 4.78 is 28.3. The van der Waals surface area contributed by atoms with E-state index in [0.717, 1.165) is 0 Å². The maximum Gasteiger partial charge on any atom is 0.266 e. The maximum atomic E-state index is 12.2. The minimum absolute atomic E-state index is 0.0914. The van der Waals surface area contributed by atoms with Crippen molar-refractivity contribution >= 4 is 21.7 Å². The highest BCUT2D eigenvalue weighted by molar-refractivity contribution is 7.92. The Kier molecular flexibility index (Phi) is 3.19. The largest absolute Gasteiger partial charge is 0.372 e. The molecular formula is C10H13N5O2S. The molecule has 2 aromatic heterocycles. The van der Waals surface area contributed by atoms with Gasteiger partial charge in [0, 0.05) is 26.4 Å². The number of pyridine rings is 1. The lowest BCUT2D eigenvalue weighted by atomic mass is 10.5. The lowest BCUT2D eigenvalue weighted by Crippen LogP contribution is -2.17. The average molecular weight is 267 g/mol. The van der Waals surface area contributed by atoms with E-state index < -0.39 is 10.0 Å². The van der Waals surface area contributed by atoms with Crippen molar-refractivity contribution in [3.8, 4) is 0 Å². The first kappa shape index (κ1) is 12.4. The topological polar surface area (TPSA) is 88.9 Å². The van der Waals surface area contributed by atoms with Crippen LogP contribution in [0, 0.1) is 0 Å². The van der Waals surface area contributed by atoms with Crippen LogP contribution in [0.4, 0.5) is 11.6 Å². The molecule has 2 heterocycles. The fourth-order valence-electron chi connectivity index (χ4n) is 1.46. The van der Waals surface area contributed by atoms with E-state index in [0.29, 0.717) is 11.6 Å². The van der Waals surface area contributed by atoms with E-state index in [1.807, 2.05) is 0 Å². The summed E-state index contributed by atoms with van der Waals surface area (Å²) in [7, 11) is -0.415. The van der Waals surface area contributed by atoms with Crippen LogP contribution in [0.2, 0.25) is 0 Å². The van der Waals surface area contributed by atoms with Gasteiger partial charge in [0.2, 0.25) is 0 Å². The van der Waals surface area contributed by atoms with E-state index in [2.05, 4.69) is 20.1 Å². The Morgan fingerprint density at radius 3 is 2.67 bits per heavy atom. The summed E-state index contributed by atoms with van der Waals surface area (Å²) in [5.41, 5.74) is 0. The minimum Gasteiger partial charge on any atom is -0.372 e.